The number of carbonyl (C=O) groups is 1. The molecule has 0 aliphatic carbocycles. The van der Waals surface area contributed by atoms with Crippen LogP contribution >= 0.6 is 0 Å². The molecule has 9 heteroatoms. The summed E-state index contributed by atoms with van der Waals surface area (Å²) in [6.45, 7) is 12.0. The number of aromatic nitrogens is 3. The van der Waals surface area contributed by atoms with Crippen LogP contribution in [-0.2, 0) is 9.53 Å². The van der Waals surface area contributed by atoms with Gasteiger partial charge < -0.3 is 25.6 Å². The molecule has 3 heterocycles. The molecule has 1 unspecified atom stereocenters. The normalized spacial score (nSPS) is 15.3. The summed E-state index contributed by atoms with van der Waals surface area (Å²) in [6.07, 6.45) is 3.88. The van der Waals surface area contributed by atoms with Crippen molar-refractivity contribution in [2.24, 2.45) is 0 Å². The van der Waals surface area contributed by atoms with Gasteiger partial charge in [0.2, 0.25) is 5.95 Å². The van der Waals surface area contributed by atoms with E-state index in [1.807, 2.05) is 6.92 Å². The molecule has 1 fully saturated rings. The number of anilines is 3. The number of esters is 1. The Balaban J connectivity index is 1.78. The maximum atomic E-state index is 12.0. The predicted octanol–water partition coefficient (Wildman–Crippen LogP) is 4.12. The van der Waals surface area contributed by atoms with Crippen LogP contribution < -0.4 is 16.0 Å². The fourth-order valence-electron chi connectivity index (χ4n) is 4.70. The van der Waals surface area contributed by atoms with Crippen LogP contribution in [0.5, 0.6) is 0 Å². The molecule has 1 atom stereocenters. The zero-order valence-corrected chi connectivity index (χ0v) is 22.4. The van der Waals surface area contributed by atoms with Gasteiger partial charge in [-0.1, -0.05) is 25.1 Å². The standard InChI is InChI=1S/C28H37N7O2/c1-6-23(31-26-21(11-12-24(36)37-7-2)19(4)30-28(29)33-26)22-17-20-10-8-9-18(3)25(20)32-27(22)35-15-13-34(5)14-16-35/h8-12,17,23H,6-7,13-16H2,1-5H3,(H3,29,30,31,33)/b12-11+. The number of likely N-dealkylation sites (N-methyl/N-ethyl adjacent to an activating group) is 1. The van der Waals surface area contributed by atoms with Gasteiger partial charge in [0.15, 0.2) is 0 Å². The average Bonchev–Trinajstić information content (AvgIpc) is 2.87. The number of hydrogen-bond acceptors (Lipinski definition) is 9. The van der Waals surface area contributed by atoms with Crippen molar-refractivity contribution in [1.82, 2.24) is 19.9 Å². The third kappa shape index (κ3) is 5.99. The number of nitrogen functional groups attached to an aromatic ring is 1. The van der Waals surface area contributed by atoms with E-state index in [1.165, 1.54) is 6.08 Å². The number of carbonyl (C=O) groups excluding carboxylic acids is 1. The van der Waals surface area contributed by atoms with Crippen molar-refractivity contribution < 1.29 is 9.53 Å². The van der Waals surface area contributed by atoms with Crippen LogP contribution in [0.2, 0.25) is 0 Å². The summed E-state index contributed by atoms with van der Waals surface area (Å²) in [5, 5.41) is 4.71. The number of hydrogen-bond donors (Lipinski definition) is 2. The lowest BCUT2D eigenvalue weighted by Gasteiger charge is -2.35. The van der Waals surface area contributed by atoms with Crippen LogP contribution in [-0.4, -0.2) is 65.7 Å². The van der Waals surface area contributed by atoms with E-state index in [-0.39, 0.29) is 12.0 Å². The first-order chi connectivity index (χ1) is 17.8. The largest absolute Gasteiger partial charge is 0.463 e. The Hall–Kier alpha value is -3.72. The fourth-order valence-corrected chi connectivity index (χ4v) is 4.70. The molecule has 196 valence electrons. The molecule has 1 saturated heterocycles. The summed E-state index contributed by atoms with van der Waals surface area (Å²) in [5.41, 5.74) is 10.7. The van der Waals surface area contributed by atoms with Gasteiger partial charge in [0, 0.05) is 48.8 Å². The molecule has 3 N–H and O–H groups in total. The number of aryl methyl sites for hydroxylation is 2. The number of piperazine rings is 1. The number of benzene rings is 1. The third-order valence-corrected chi connectivity index (χ3v) is 6.78. The van der Waals surface area contributed by atoms with Crippen molar-refractivity contribution in [2.75, 3.05) is 55.8 Å². The molecular formula is C28H37N7O2. The molecule has 0 bridgehead atoms. The topological polar surface area (TPSA) is 109 Å². The Kier molecular flexibility index (Phi) is 8.23. The van der Waals surface area contributed by atoms with Crippen molar-refractivity contribution in [3.05, 3.63) is 52.7 Å². The number of nitrogens with zero attached hydrogens (tertiary/aromatic N) is 5. The summed E-state index contributed by atoms with van der Waals surface area (Å²) < 4.78 is 5.05. The number of rotatable bonds is 8. The minimum Gasteiger partial charge on any atom is -0.463 e. The Labute approximate surface area is 218 Å². The molecule has 1 aliphatic rings. The van der Waals surface area contributed by atoms with Crippen LogP contribution in [0.25, 0.3) is 17.0 Å². The van der Waals surface area contributed by atoms with Crippen molar-refractivity contribution in [1.29, 1.82) is 0 Å². The smallest absolute Gasteiger partial charge is 0.330 e. The van der Waals surface area contributed by atoms with E-state index >= 15 is 0 Å². The SMILES string of the molecule is CCOC(=O)/C=C/c1c(C)nc(N)nc1NC(CC)c1cc2cccc(C)c2nc1N1CCN(C)CC1. The molecule has 1 aromatic carbocycles. The van der Waals surface area contributed by atoms with E-state index in [4.69, 9.17) is 15.5 Å². The first kappa shape index (κ1) is 26.3. The zero-order chi connectivity index (χ0) is 26.5. The predicted molar refractivity (Wildman–Crippen MR) is 150 cm³/mol. The minimum absolute atomic E-state index is 0.0875. The number of ether oxygens (including phenoxy) is 1. The van der Waals surface area contributed by atoms with Crippen molar-refractivity contribution in [3.63, 3.8) is 0 Å². The summed E-state index contributed by atoms with van der Waals surface area (Å²) >= 11 is 0. The van der Waals surface area contributed by atoms with Crippen LogP contribution in [0.1, 0.15) is 48.7 Å². The van der Waals surface area contributed by atoms with Gasteiger partial charge in [-0.2, -0.15) is 4.98 Å². The van der Waals surface area contributed by atoms with Crippen molar-refractivity contribution in [2.45, 2.75) is 40.2 Å². The lowest BCUT2D eigenvalue weighted by molar-refractivity contribution is -0.137. The molecule has 9 nitrogen and oxygen atoms in total. The summed E-state index contributed by atoms with van der Waals surface area (Å²) in [6, 6.07) is 8.44. The molecular weight excluding hydrogens is 466 g/mol. The number of nitrogens with two attached hydrogens (primary N) is 1. The van der Waals surface area contributed by atoms with Crippen molar-refractivity contribution >= 4 is 40.5 Å². The van der Waals surface area contributed by atoms with Crippen LogP contribution in [0.3, 0.4) is 0 Å². The van der Waals surface area contributed by atoms with Gasteiger partial charge >= 0.3 is 5.97 Å². The van der Waals surface area contributed by atoms with E-state index in [0.29, 0.717) is 23.7 Å². The summed E-state index contributed by atoms with van der Waals surface area (Å²) in [5.74, 6) is 1.33. The highest BCUT2D eigenvalue weighted by Gasteiger charge is 2.24. The first-order valence-electron chi connectivity index (χ1n) is 12.9. The van der Waals surface area contributed by atoms with Gasteiger partial charge in [-0.15, -0.1) is 0 Å². The Morgan fingerprint density at radius 2 is 1.92 bits per heavy atom. The number of para-hydroxylation sites is 1. The summed E-state index contributed by atoms with van der Waals surface area (Å²) in [7, 11) is 2.15. The molecule has 0 amide bonds. The van der Waals surface area contributed by atoms with E-state index in [1.54, 1.807) is 13.0 Å². The average molecular weight is 504 g/mol. The monoisotopic (exact) mass is 503 g/mol. The highest BCUT2D eigenvalue weighted by Crippen LogP contribution is 2.34. The van der Waals surface area contributed by atoms with Crippen molar-refractivity contribution in [3.8, 4) is 0 Å². The third-order valence-electron chi connectivity index (χ3n) is 6.78. The van der Waals surface area contributed by atoms with Crippen LogP contribution in [0.4, 0.5) is 17.6 Å². The summed E-state index contributed by atoms with van der Waals surface area (Å²) in [4.78, 5) is 30.7. The van der Waals surface area contributed by atoms with E-state index in [2.05, 4.69) is 70.2 Å². The van der Waals surface area contributed by atoms with Gasteiger partial charge in [-0.25, -0.2) is 14.8 Å². The lowest BCUT2D eigenvalue weighted by Crippen LogP contribution is -2.45. The van der Waals surface area contributed by atoms with Gasteiger partial charge in [0.05, 0.1) is 23.9 Å². The molecule has 4 rings (SSSR count). The van der Waals surface area contributed by atoms with Gasteiger partial charge in [-0.3, -0.25) is 0 Å². The first-order valence-corrected chi connectivity index (χ1v) is 12.9. The van der Waals surface area contributed by atoms with Gasteiger partial charge in [0.25, 0.3) is 0 Å². The lowest BCUT2D eigenvalue weighted by atomic mass is 10.00. The maximum Gasteiger partial charge on any atom is 0.330 e. The minimum atomic E-state index is -0.414. The Bertz CT molecular complexity index is 1300. The Morgan fingerprint density at radius 3 is 2.62 bits per heavy atom. The second-order valence-corrected chi connectivity index (χ2v) is 9.46. The number of fused-ring (bicyclic) bond motifs is 1. The number of nitrogens with one attached hydrogen (secondary N) is 1. The van der Waals surface area contributed by atoms with Gasteiger partial charge in [-0.05, 0) is 51.9 Å². The molecule has 2 aromatic heterocycles. The molecule has 37 heavy (non-hydrogen) atoms. The molecule has 0 saturated carbocycles. The Morgan fingerprint density at radius 1 is 1.16 bits per heavy atom. The number of pyridine rings is 1. The second-order valence-electron chi connectivity index (χ2n) is 9.46. The second kappa shape index (κ2) is 11.6. The molecule has 1 aliphatic heterocycles. The highest BCUT2D eigenvalue weighted by atomic mass is 16.5. The van der Waals surface area contributed by atoms with E-state index in [9.17, 15) is 4.79 Å². The highest BCUT2D eigenvalue weighted by molar-refractivity contribution is 5.89. The van der Waals surface area contributed by atoms with Crippen LogP contribution in [0, 0.1) is 13.8 Å². The van der Waals surface area contributed by atoms with Gasteiger partial charge in [0.1, 0.15) is 11.6 Å². The van der Waals surface area contributed by atoms with E-state index in [0.717, 1.165) is 60.4 Å². The maximum absolute atomic E-state index is 12.0. The molecule has 0 spiro atoms. The zero-order valence-electron chi connectivity index (χ0n) is 22.4. The fraction of sp³-hybridized carbons (Fsp3) is 0.429. The van der Waals surface area contributed by atoms with Crippen LogP contribution in [0.15, 0.2) is 30.3 Å². The molecule has 0 radical (unpaired) electrons. The van der Waals surface area contributed by atoms with E-state index < -0.39 is 5.97 Å². The molecule has 3 aromatic rings. The quantitative estimate of drug-likeness (QED) is 0.346.